The lowest BCUT2D eigenvalue weighted by Crippen LogP contribution is -2.38. The van der Waals surface area contributed by atoms with Gasteiger partial charge in [0.25, 0.3) is 0 Å². The first-order chi connectivity index (χ1) is 11.4. The van der Waals surface area contributed by atoms with Gasteiger partial charge in [0.2, 0.25) is 0 Å². The van der Waals surface area contributed by atoms with Crippen molar-refractivity contribution < 1.29 is 8.42 Å². The second kappa shape index (κ2) is 10.3. The Balaban J connectivity index is 0.00000312. The van der Waals surface area contributed by atoms with Gasteiger partial charge in [-0.1, -0.05) is 0 Å². The van der Waals surface area contributed by atoms with Crippen LogP contribution in [0.1, 0.15) is 31.2 Å². The van der Waals surface area contributed by atoms with Gasteiger partial charge in [-0.05, 0) is 45.6 Å². The highest BCUT2D eigenvalue weighted by Crippen LogP contribution is 2.18. The molecule has 2 heterocycles. The monoisotopic (exact) mass is 483 g/mol. The van der Waals surface area contributed by atoms with Gasteiger partial charge in [0.1, 0.15) is 0 Å². The van der Waals surface area contributed by atoms with E-state index in [4.69, 9.17) is 0 Å². The number of aromatic nitrogens is 2. The van der Waals surface area contributed by atoms with Crippen molar-refractivity contribution in [1.82, 2.24) is 20.4 Å². The van der Waals surface area contributed by atoms with E-state index in [1.165, 1.54) is 5.69 Å². The Kier molecular flexibility index (Phi) is 9.19. The number of sulfone groups is 1. The van der Waals surface area contributed by atoms with Crippen LogP contribution < -0.4 is 10.6 Å². The highest BCUT2D eigenvalue weighted by molar-refractivity contribution is 14.0. The zero-order chi connectivity index (χ0) is 17.6. The van der Waals surface area contributed by atoms with E-state index in [0.29, 0.717) is 12.3 Å². The van der Waals surface area contributed by atoms with E-state index in [-0.39, 0.29) is 35.6 Å². The summed E-state index contributed by atoms with van der Waals surface area (Å²) < 4.78 is 25.0. The summed E-state index contributed by atoms with van der Waals surface area (Å²) in [6.45, 7) is 9.10. The van der Waals surface area contributed by atoms with Crippen molar-refractivity contribution in [2.24, 2.45) is 10.9 Å². The number of aliphatic imine (C=N–C) groups is 1. The van der Waals surface area contributed by atoms with Crippen LogP contribution in [0.4, 0.5) is 0 Å². The van der Waals surface area contributed by atoms with Crippen molar-refractivity contribution >= 4 is 39.8 Å². The molecule has 1 aliphatic heterocycles. The first-order valence-electron chi connectivity index (χ1n) is 8.63. The lowest BCUT2D eigenvalue weighted by Gasteiger charge is -2.13. The summed E-state index contributed by atoms with van der Waals surface area (Å²) in [6, 6.07) is 2.08. The van der Waals surface area contributed by atoms with Gasteiger partial charge in [-0.15, -0.1) is 24.0 Å². The van der Waals surface area contributed by atoms with Gasteiger partial charge in [-0.3, -0.25) is 9.67 Å². The minimum atomic E-state index is -2.83. The van der Waals surface area contributed by atoms with Crippen LogP contribution in [0.5, 0.6) is 0 Å². The van der Waals surface area contributed by atoms with Gasteiger partial charge in [0.05, 0.1) is 17.2 Å². The second-order valence-corrected chi connectivity index (χ2v) is 8.65. The summed E-state index contributed by atoms with van der Waals surface area (Å²) in [7, 11) is -2.83. The molecule has 1 fully saturated rings. The Morgan fingerprint density at radius 2 is 2.16 bits per heavy atom. The van der Waals surface area contributed by atoms with E-state index in [0.717, 1.165) is 44.1 Å². The number of rotatable bonds is 7. The molecule has 0 bridgehead atoms. The minimum Gasteiger partial charge on any atom is -0.357 e. The van der Waals surface area contributed by atoms with E-state index < -0.39 is 9.84 Å². The largest absolute Gasteiger partial charge is 0.357 e. The molecular weight excluding hydrogens is 453 g/mol. The molecule has 0 radical (unpaired) electrons. The maximum atomic E-state index is 11.5. The number of nitrogens with one attached hydrogen (secondary N) is 2. The molecule has 1 atom stereocenters. The van der Waals surface area contributed by atoms with Crippen LogP contribution in [0.25, 0.3) is 0 Å². The molecule has 0 aromatic carbocycles. The lowest BCUT2D eigenvalue weighted by molar-refractivity contribution is 0.553. The summed E-state index contributed by atoms with van der Waals surface area (Å²) in [5.74, 6) is 1.49. The van der Waals surface area contributed by atoms with Crippen molar-refractivity contribution in [2.75, 3.05) is 31.1 Å². The molecular formula is C16H30IN5O2S. The number of nitrogens with zero attached hydrogens (tertiary/aromatic N) is 3. The molecule has 1 saturated heterocycles. The molecule has 144 valence electrons. The molecule has 2 N–H and O–H groups in total. The van der Waals surface area contributed by atoms with E-state index in [1.807, 2.05) is 18.5 Å². The fourth-order valence-electron chi connectivity index (χ4n) is 2.92. The third-order valence-corrected chi connectivity index (χ3v) is 5.96. The van der Waals surface area contributed by atoms with Crippen LogP contribution in [-0.2, 0) is 16.4 Å². The van der Waals surface area contributed by atoms with E-state index in [9.17, 15) is 8.42 Å². The Morgan fingerprint density at radius 1 is 1.40 bits per heavy atom. The van der Waals surface area contributed by atoms with Crippen molar-refractivity contribution in [3.8, 4) is 0 Å². The van der Waals surface area contributed by atoms with Gasteiger partial charge < -0.3 is 10.6 Å². The van der Waals surface area contributed by atoms with Crippen LogP contribution in [-0.4, -0.2) is 55.3 Å². The van der Waals surface area contributed by atoms with E-state index in [2.05, 4.69) is 33.7 Å². The van der Waals surface area contributed by atoms with Crippen LogP contribution in [0, 0.1) is 19.8 Å². The molecule has 9 heteroatoms. The van der Waals surface area contributed by atoms with Gasteiger partial charge in [-0.25, -0.2) is 8.42 Å². The molecule has 0 aliphatic carbocycles. The van der Waals surface area contributed by atoms with Crippen LogP contribution in [0.3, 0.4) is 0 Å². The van der Waals surface area contributed by atoms with Crippen LogP contribution >= 0.6 is 24.0 Å². The molecule has 2 rings (SSSR count). The average molecular weight is 483 g/mol. The van der Waals surface area contributed by atoms with Crippen molar-refractivity contribution in [3.05, 3.63) is 17.5 Å². The summed E-state index contributed by atoms with van der Waals surface area (Å²) in [6.07, 6.45) is 1.67. The summed E-state index contributed by atoms with van der Waals surface area (Å²) in [5.41, 5.74) is 2.22. The zero-order valence-corrected chi connectivity index (χ0v) is 18.4. The second-order valence-electron chi connectivity index (χ2n) is 6.42. The molecule has 1 aliphatic rings. The van der Waals surface area contributed by atoms with Crippen molar-refractivity contribution in [1.29, 1.82) is 0 Å². The van der Waals surface area contributed by atoms with Crippen molar-refractivity contribution in [2.45, 2.75) is 40.2 Å². The highest BCUT2D eigenvalue weighted by atomic mass is 127. The predicted octanol–water partition coefficient (Wildman–Crippen LogP) is 1.50. The number of halogens is 1. The third-order valence-electron chi connectivity index (χ3n) is 4.12. The Labute approximate surface area is 168 Å². The average Bonchev–Trinajstić information content (AvgIpc) is 3.02. The fourth-order valence-corrected chi connectivity index (χ4v) is 4.76. The molecule has 0 amide bonds. The van der Waals surface area contributed by atoms with Crippen LogP contribution in [0.15, 0.2) is 11.1 Å². The predicted molar refractivity (Wildman–Crippen MR) is 112 cm³/mol. The molecule has 25 heavy (non-hydrogen) atoms. The van der Waals surface area contributed by atoms with Gasteiger partial charge in [-0.2, -0.15) is 5.10 Å². The molecule has 0 saturated carbocycles. The molecule has 1 aromatic rings. The van der Waals surface area contributed by atoms with Gasteiger partial charge >= 0.3 is 0 Å². The molecule has 0 spiro atoms. The summed E-state index contributed by atoms with van der Waals surface area (Å²) in [4.78, 5) is 4.53. The Hall–Kier alpha value is -0.840. The van der Waals surface area contributed by atoms with Crippen molar-refractivity contribution in [3.63, 3.8) is 0 Å². The van der Waals surface area contributed by atoms with Gasteiger partial charge in [0.15, 0.2) is 15.8 Å². The fraction of sp³-hybridized carbons (Fsp3) is 0.750. The molecule has 7 nitrogen and oxygen atoms in total. The van der Waals surface area contributed by atoms with Crippen LogP contribution in [0.2, 0.25) is 0 Å². The zero-order valence-electron chi connectivity index (χ0n) is 15.3. The van der Waals surface area contributed by atoms with E-state index in [1.54, 1.807) is 0 Å². The first-order valence-corrected chi connectivity index (χ1v) is 10.5. The first kappa shape index (κ1) is 22.2. The smallest absolute Gasteiger partial charge is 0.191 e. The quantitative estimate of drug-likeness (QED) is 0.266. The molecule has 1 unspecified atom stereocenters. The SMILES string of the molecule is CCNC(=NCC1CCS(=O)(=O)C1)NCCCn1nc(C)cc1C.I. The standard InChI is InChI=1S/C16H29N5O2S.HI/c1-4-17-16(19-11-15-6-9-24(22,23)12-15)18-7-5-8-21-14(3)10-13(2)20-21;/h10,15H,4-9,11-12H2,1-3H3,(H2,17,18,19);1H. The molecule has 1 aromatic heterocycles. The van der Waals surface area contributed by atoms with Gasteiger partial charge in [0, 0.05) is 31.9 Å². The lowest BCUT2D eigenvalue weighted by atomic mass is 10.1. The normalized spacial score (nSPS) is 19.5. The summed E-state index contributed by atoms with van der Waals surface area (Å²) in [5, 5.41) is 11.0. The summed E-state index contributed by atoms with van der Waals surface area (Å²) >= 11 is 0. The number of hydrogen-bond donors (Lipinski definition) is 2. The topological polar surface area (TPSA) is 88.4 Å². The minimum absolute atomic E-state index is 0. The maximum absolute atomic E-state index is 11.5. The van der Waals surface area contributed by atoms with E-state index >= 15 is 0 Å². The maximum Gasteiger partial charge on any atom is 0.191 e. The third kappa shape index (κ3) is 7.51. The number of aryl methyl sites for hydroxylation is 3. The highest BCUT2D eigenvalue weighted by Gasteiger charge is 2.27. The Morgan fingerprint density at radius 3 is 2.72 bits per heavy atom. The Bertz CT molecular complexity index is 672. The number of guanidine groups is 1. The number of hydrogen-bond acceptors (Lipinski definition) is 4.